The number of ether oxygens (including phenoxy) is 1. The number of aromatic amines is 1. The van der Waals surface area contributed by atoms with Gasteiger partial charge in [0.25, 0.3) is 5.56 Å². The van der Waals surface area contributed by atoms with E-state index in [-0.39, 0.29) is 5.56 Å². The van der Waals surface area contributed by atoms with Gasteiger partial charge in [-0.1, -0.05) is 11.3 Å². The highest BCUT2D eigenvalue weighted by Crippen LogP contribution is 2.22. The van der Waals surface area contributed by atoms with Gasteiger partial charge in [0.1, 0.15) is 5.52 Å². The van der Waals surface area contributed by atoms with Gasteiger partial charge in [-0.2, -0.15) is 0 Å². The Hall–Kier alpha value is -2.76. The van der Waals surface area contributed by atoms with E-state index >= 15 is 0 Å². The first-order valence-corrected chi connectivity index (χ1v) is 5.63. The largest absolute Gasteiger partial charge is 0.481 e. The number of hydrogen-bond acceptors (Lipinski definition) is 5. The van der Waals surface area contributed by atoms with Crippen LogP contribution in [0.3, 0.4) is 0 Å². The van der Waals surface area contributed by atoms with Gasteiger partial charge in [0.15, 0.2) is 0 Å². The Kier molecular flexibility index (Phi) is 2.68. The molecule has 0 bridgehead atoms. The monoisotopic (exact) mass is 254 g/mol. The maximum Gasteiger partial charge on any atom is 0.275 e. The van der Waals surface area contributed by atoms with Gasteiger partial charge in [0, 0.05) is 17.8 Å². The van der Waals surface area contributed by atoms with Crippen molar-refractivity contribution in [1.29, 1.82) is 0 Å². The third-order valence-corrected chi connectivity index (χ3v) is 2.83. The van der Waals surface area contributed by atoms with Gasteiger partial charge >= 0.3 is 0 Å². The third-order valence-electron chi connectivity index (χ3n) is 2.83. The van der Waals surface area contributed by atoms with Crippen molar-refractivity contribution in [2.24, 2.45) is 0 Å². The molecule has 6 nitrogen and oxygen atoms in total. The van der Waals surface area contributed by atoms with Crippen molar-refractivity contribution in [3.8, 4) is 17.0 Å². The molecule has 0 spiro atoms. The van der Waals surface area contributed by atoms with Crippen LogP contribution in [-0.4, -0.2) is 27.5 Å². The van der Waals surface area contributed by atoms with E-state index in [9.17, 15) is 4.79 Å². The Morgan fingerprint density at radius 1 is 1.16 bits per heavy atom. The summed E-state index contributed by atoms with van der Waals surface area (Å²) in [7, 11) is 1.57. The highest BCUT2D eigenvalue weighted by molar-refractivity contribution is 5.82. The minimum Gasteiger partial charge on any atom is -0.481 e. The molecular formula is C13H10N4O2. The van der Waals surface area contributed by atoms with Crippen molar-refractivity contribution < 1.29 is 4.74 Å². The molecule has 0 atom stereocenters. The van der Waals surface area contributed by atoms with Crippen molar-refractivity contribution in [2.75, 3.05) is 7.11 Å². The maximum atomic E-state index is 11.5. The quantitative estimate of drug-likeness (QED) is 0.747. The number of nitrogens with one attached hydrogen (secondary N) is 1. The highest BCUT2D eigenvalue weighted by atomic mass is 16.5. The summed E-state index contributed by atoms with van der Waals surface area (Å²) in [6.45, 7) is 0. The molecule has 0 radical (unpaired) electrons. The van der Waals surface area contributed by atoms with E-state index in [1.165, 1.54) is 0 Å². The number of rotatable bonds is 2. The number of benzene rings is 1. The first-order chi connectivity index (χ1) is 9.28. The van der Waals surface area contributed by atoms with Gasteiger partial charge in [-0.3, -0.25) is 4.79 Å². The molecule has 2 aromatic heterocycles. The van der Waals surface area contributed by atoms with Crippen molar-refractivity contribution >= 4 is 10.9 Å². The molecule has 2 heterocycles. The summed E-state index contributed by atoms with van der Waals surface area (Å²) in [6.07, 6.45) is 1.71. The number of aromatic nitrogens is 4. The second kappa shape index (κ2) is 4.49. The summed E-state index contributed by atoms with van der Waals surface area (Å²) in [5.41, 5.74) is 2.15. The molecule has 0 fully saturated rings. The van der Waals surface area contributed by atoms with E-state index in [4.69, 9.17) is 4.74 Å². The fourth-order valence-electron chi connectivity index (χ4n) is 1.84. The van der Waals surface area contributed by atoms with Crippen molar-refractivity contribution in [3.63, 3.8) is 0 Å². The van der Waals surface area contributed by atoms with Crippen LogP contribution in [0.4, 0.5) is 0 Å². The molecule has 0 aliphatic heterocycles. The normalized spacial score (nSPS) is 10.6. The number of hydrogen-bond donors (Lipinski definition) is 1. The van der Waals surface area contributed by atoms with E-state index in [1.807, 2.05) is 12.1 Å². The van der Waals surface area contributed by atoms with Gasteiger partial charge in [-0.25, -0.2) is 10.1 Å². The van der Waals surface area contributed by atoms with Crippen LogP contribution >= 0.6 is 0 Å². The molecule has 0 saturated heterocycles. The standard InChI is InChI=1S/C13H10N4O2/c1-19-12-5-3-9(7-14-12)8-2-4-10-11(6-8)15-17-16-13(10)18/h2-7H,1H3,(H,15,16,18). The topological polar surface area (TPSA) is 80.8 Å². The Morgan fingerprint density at radius 2 is 2.00 bits per heavy atom. The summed E-state index contributed by atoms with van der Waals surface area (Å²) < 4.78 is 5.01. The van der Waals surface area contributed by atoms with Crippen molar-refractivity contribution in [1.82, 2.24) is 20.4 Å². The average Bonchev–Trinajstić information content (AvgIpc) is 2.47. The summed E-state index contributed by atoms with van der Waals surface area (Å²) in [4.78, 5) is 15.7. The Bertz CT molecular complexity index is 781. The SMILES string of the molecule is COc1ccc(-c2ccc3c(=O)[nH]nnc3c2)cn1. The lowest BCUT2D eigenvalue weighted by molar-refractivity contribution is 0.398. The Morgan fingerprint density at radius 3 is 2.74 bits per heavy atom. The number of fused-ring (bicyclic) bond motifs is 1. The van der Waals surface area contributed by atoms with E-state index in [2.05, 4.69) is 20.4 Å². The molecular weight excluding hydrogens is 244 g/mol. The maximum absolute atomic E-state index is 11.5. The average molecular weight is 254 g/mol. The molecule has 0 aliphatic rings. The summed E-state index contributed by atoms with van der Waals surface area (Å²) in [6, 6.07) is 9.06. The van der Waals surface area contributed by atoms with E-state index in [1.54, 1.807) is 31.5 Å². The van der Waals surface area contributed by atoms with Crippen LogP contribution < -0.4 is 10.3 Å². The van der Waals surface area contributed by atoms with Gasteiger partial charge in [0.05, 0.1) is 12.5 Å². The van der Waals surface area contributed by atoms with Crippen LogP contribution in [0.2, 0.25) is 0 Å². The van der Waals surface area contributed by atoms with Crippen LogP contribution in [0.1, 0.15) is 0 Å². The zero-order chi connectivity index (χ0) is 13.2. The number of pyridine rings is 1. The molecule has 0 unspecified atom stereocenters. The smallest absolute Gasteiger partial charge is 0.275 e. The lowest BCUT2D eigenvalue weighted by atomic mass is 10.1. The number of H-pyrrole nitrogens is 1. The lowest BCUT2D eigenvalue weighted by Crippen LogP contribution is -2.09. The molecule has 0 saturated carbocycles. The van der Waals surface area contributed by atoms with Gasteiger partial charge < -0.3 is 4.74 Å². The molecule has 6 heteroatoms. The predicted octanol–water partition coefficient (Wildman–Crippen LogP) is 1.39. The van der Waals surface area contributed by atoms with Crippen molar-refractivity contribution in [3.05, 3.63) is 46.9 Å². The van der Waals surface area contributed by atoms with Crippen LogP contribution in [0.15, 0.2) is 41.3 Å². The van der Waals surface area contributed by atoms with Gasteiger partial charge in [0.2, 0.25) is 5.88 Å². The van der Waals surface area contributed by atoms with Crippen LogP contribution in [-0.2, 0) is 0 Å². The summed E-state index contributed by atoms with van der Waals surface area (Å²) in [5, 5.41) is 10.3. The molecule has 19 heavy (non-hydrogen) atoms. The number of methoxy groups -OCH3 is 1. The van der Waals surface area contributed by atoms with Gasteiger partial charge in [-0.05, 0) is 23.8 Å². The Labute approximate surface area is 108 Å². The lowest BCUT2D eigenvalue weighted by Gasteiger charge is -2.03. The minimum atomic E-state index is -0.246. The van der Waals surface area contributed by atoms with Crippen LogP contribution in [0.25, 0.3) is 22.0 Å². The second-order valence-corrected chi connectivity index (χ2v) is 3.96. The fraction of sp³-hybridized carbons (Fsp3) is 0.0769. The Balaban J connectivity index is 2.12. The van der Waals surface area contributed by atoms with Gasteiger partial charge in [-0.15, -0.1) is 5.10 Å². The molecule has 0 aliphatic carbocycles. The van der Waals surface area contributed by atoms with E-state index in [0.29, 0.717) is 16.8 Å². The fourth-order valence-corrected chi connectivity index (χ4v) is 1.84. The first-order valence-electron chi connectivity index (χ1n) is 5.63. The molecule has 0 amide bonds. The summed E-state index contributed by atoms with van der Waals surface area (Å²) >= 11 is 0. The molecule has 1 aromatic carbocycles. The minimum absolute atomic E-state index is 0.246. The highest BCUT2D eigenvalue weighted by Gasteiger charge is 2.04. The zero-order valence-electron chi connectivity index (χ0n) is 10.1. The van der Waals surface area contributed by atoms with Crippen LogP contribution in [0, 0.1) is 0 Å². The summed E-state index contributed by atoms with van der Waals surface area (Å²) in [5.74, 6) is 0.556. The molecule has 3 aromatic rings. The third kappa shape index (κ3) is 2.03. The first kappa shape index (κ1) is 11.3. The predicted molar refractivity (Wildman–Crippen MR) is 69.9 cm³/mol. The molecule has 1 N–H and O–H groups in total. The van der Waals surface area contributed by atoms with E-state index in [0.717, 1.165) is 11.1 Å². The molecule has 3 rings (SSSR count). The zero-order valence-corrected chi connectivity index (χ0v) is 10.1. The van der Waals surface area contributed by atoms with Crippen molar-refractivity contribution in [2.45, 2.75) is 0 Å². The van der Waals surface area contributed by atoms with E-state index < -0.39 is 0 Å². The van der Waals surface area contributed by atoms with Crippen LogP contribution in [0.5, 0.6) is 5.88 Å². The number of nitrogens with zero attached hydrogens (tertiary/aromatic N) is 3. The molecule has 94 valence electrons. The second-order valence-electron chi connectivity index (χ2n) is 3.96.